The minimum Gasteiger partial charge on any atom is -0.506 e. The predicted octanol–water partition coefficient (Wildman–Crippen LogP) is 3.04. The van der Waals surface area contributed by atoms with E-state index in [9.17, 15) is 20.0 Å². The number of ether oxygens (including phenoxy) is 1. The van der Waals surface area contributed by atoms with E-state index in [2.05, 4.69) is 11.4 Å². The Balaban J connectivity index is 1.64. The second kappa shape index (κ2) is 7.44. The largest absolute Gasteiger partial charge is 0.506 e. The number of benzene rings is 2. The highest BCUT2D eigenvalue weighted by Crippen LogP contribution is 2.29. The van der Waals surface area contributed by atoms with Crippen molar-refractivity contribution in [2.45, 2.75) is 37.6 Å². The van der Waals surface area contributed by atoms with Crippen LogP contribution in [0.25, 0.3) is 10.8 Å². The van der Waals surface area contributed by atoms with Gasteiger partial charge >= 0.3 is 5.97 Å². The maximum absolute atomic E-state index is 12.2. The van der Waals surface area contributed by atoms with Gasteiger partial charge in [-0.1, -0.05) is 49.6 Å². The molecule has 134 valence electrons. The molecule has 0 atom stereocenters. The Bertz CT molecular complexity index is 879. The van der Waals surface area contributed by atoms with Crippen LogP contribution in [0.2, 0.25) is 0 Å². The van der Waals surface area contributed by atoms with Gasteiger partial charge in [-0.2, -0.15) is 5.26 Å². The van der Waals surface area contributed by atoms with Crippen molar-refractivity contribution >= 4 is 22.6 Å². The average Bonchev–Trinajstić information content (AvgIpc) is 2.67. The van der Waals surface area contributed by atoms with Gasteiger partial charge in [-0.3, -0.25) is 4.79 Å². The van der Waals surface area contributed by atoms with Gasteiger partial charge in [0.1, 0.15) is 16.9 Å². The highest BCUT2D eigenvalue weighted by molar-refractivity contribution is 6.01. The Morgan fingerprint density at radius 3 is 2.62 bits per heavy atom. The van der Waals surface area contributed by atoms with Gasteiger partial charge in [-0.15, -0.1) is 0 Å². The topological polar surface area (TPSA) is 99.4 Å². The van der Waals surface area contributed by atoms with Gasteiger partial charge in [0.25, 0.3) is 5.91 Å². The number of phenolic OH excluding ortho intramolecular Hbond substituents is 1. The molecule has 3 rings (SSSR count). The number of fused-ring (bicyclic) bond motifs is 1. The van der Waals surface area contributed by atoms with Crippen LogP contribution in [0.15, 0.2) is 36.4 Å². The van der Waals surface area contributed by atoms with Crippen LogP contribution in [0.1, 0.15) is 42.5 Å². The molecule has 0 spiro atoms. The zero-order valence-electron chi connectivity index (χ0n) is 14.3. The Hall–Kier alpha value is -3.07. The van der Waals surface area contributed by atoms with Gasteiger partial charge in [0.05, 0.1) is 6.07 Å². The number of phenols is 1. The first kappa shape index (κ1) is 17.7. The lowest BCUT2D eigenvalue weighted by Gasteiger charge is -2.31. The summed E-state index contributed by atoms with van der Waals surface area (Å²) >= 11 is 0. The summed E-state index contributed by atoms with van der Waals surface area (Å²) in [5.74, 6) is -1.46. The molecule has 0 aromatic heterocycles. The smallest absolute Gasteiger partial charge is 0.342 e. The predicted molar refractivity (Wildman–Crippen MR) is 95.5 cm³/mol. The number of carbonyl (C=O) groups is 2. The fourth-order valence-electron chi connectivity index (χ4n) is 3.35. The van der Waals surface area contributed by atoms with E-state index in [1.54, 1.807) is 18.2 Å². The molecular formula is C20H20N2O4. The Labute approximate surface area is 151 Å². The van der Waals surface area contributed by atoms with E-state index in [0.29, 0.717) is 18.2 Å². The zero-order chi connectivity index (χ0) is 18.6. The number of hydrogen-bond donors (Lipinski definition) is 2. The van der Waals surface area contributed by atoms with E-state index in [-0.39, 0.29) is 11.3 Å². The Morgan fingerprint density at radius 1 is 1.15 bits per heavy atom. The van der Waals surface area contributed by atoms with Crippen molar-refractivity contribution in [1.82, 2.24) is 5.32 Å². The van der Waals surface area contributed by atoms with Crippen LogP contribution in [0, 0.1) is 11.3 Å². The normalized spacial score (nSPS) is 15.8. The number of nitriles is 1. The van der Waals surface area contributed by atoms with Crippen molar-refractivity contribution in [2.24, 2.45) is 0 Å². The lowest BCUT2D eigenvalue weighted by Crippen LogP contribution is -2.50. The van der Waals surface area contributed by atoms with Crippen molar-refractivity contribution in [3.8, 4) is 11.8 Å². The number of carbonyl (C=O) groups excluding carboxylic acids is 2. The van der Waals surface area contributed by atoms with Crippen molar-refractivity contribution in [3.05, 3.63) is 42.0 Å². The summed E-state index contributed by atoms with van der Waals surface area (Å²) in [4.78, 5) is 24.3. The van der Waals surface area contributed by atoms with Crippen molar-refractivity contribution < 1.29 is 19.4 Å². The van der Waals surface area contributed by atoms with Gasteiger partial charge in [0, 0.05) is 5.39 Å². The summed E-state index contributed by atoms with van der Waals surface area (Å²) in [5.41, 5.74) is -0.864. The van der Waals surface area contributed by atoms with E-state index < -0.39 is 24.0 Å². The van der Waals surface area contributed by atoms with Gasteiger partial charge < -0.3 is 15.2 Å². The van der Waals surface area contributed by atoms with E-state index >= 15 is 0 Å². The third kappa shape index (κ3) is 3.62. The molecule has 1 fully saturated rings. The molecule has 2 aromatic rings. The number of amides is 1. The number of aromatic hydroxyl groups is 1. The first-order valence-electron chi connectivity index (χ1n) is 8.65. The fourth-order valence-corrected chi connectivity index (χ4v) is 3.35. The molecule has 1 amide bonds. The second-order valence-electron chi connectivity index (χ2n) is 6.56. The number of hydrogen-bond acceptors (Lipinski definition) is 5. The SMILES string of the molecule is N#CC1(NC(=O)COC(=O)c2ccc3ccccc3c2O)CCCCC1. The molecule has 1 saturated carbocycles. The monoisotopic (exact) mass is 352 g/mol. The minimum atomic E-state index is -0.868. The summed E-state index contributed by atoms with van der Waals surface area (Å²) in [7, 11) is 0. The third-order valence-corrected chi connectivity index (χ3v) is 4.75. The summed E-state index contributed by atoms with van der Waals surface area (Å²) < 4.78 is 5.03. The Kier molecular flexibility index (Phi) is 5.08. The third-order valence-electron chi connectivity index (χ3n) is 4.75. The summed E-state index contributed by atoms with van der Waals surface area (Å²) in [5, 5.41) is 23.7. The molecule has 0 radical (unpaired) electrons. The highest BCUT2D eigenvalue weighted by Gasteiger charge is 2.33. The molecule has 1 aliphatic carbocycles. The summed E-state index contributed by atoms with van der Waals surface area (Å²) in [6, 6.07) is 12.5. The summed E-state index contributed by atoms with van der Waals surface area (Å²) in [6.45, 7) is -0.492. The number of esters is 1. The van der Waals surface area contributed by atoms with Gasteiger partial charge in [-0.25, -0.2) is 4.79 Å². The molecule has 6 nitrogen and oxygen atoms in total. The molecule has 0 saturated heterocycles. The van der Waals surface area contributed by atoms with E-state index in [4.69, 9.17) is 4.74 Å². The van der Waals surface area contributed by atoms with Crippen LogP contribution >= 0.6 is 0 Å². The maximum Gasteiger partial charge on any atom is 0.342 e. The first-order valence-corrected chi connectivity index (χ1v) is 8.65. The molecule has 6 heteroatoms. The Morgan fingerprint density at radius 2 is 1.88 bits per heavy atom. The zero-order valence-corrected chi connectivity index (χ0v) is 14.3. The molecule has 26 heavy (non-hydrogen) atoms. The highest BCUT2D eigenvalue weighted by atomic mass is 16.5. The number of rotatable bonds is 4. The molecule has 0 heterocycles. The molecule has 0 aliphatic heterocycles. The fraction of sp³-hybridized carbons (Fsp3) is 0.350. The lowest BCUT2D eigenvalue weighted by molar-refractivity contribution is -0.125. The van der Waals surface area contributed by atoms with Crippen LogP contribution in [-0.4, -0.2) is 29.1 Å². The van der Waals surface area contributed by atoms with Crippen LogP contribution in [-0.2, 0) is 9.53 Å². The quantitative estimate of drug-likeness (QED) is 0.824. The maximum atomic E-state index is 12.2. The molecule has 0 unspecified atom stereocenters. The molecule has 1 aliphatic rings. The van der Waals surface area contributed by atoms with Crippen molar-refractivity contribution in [2.75, 3.05) is 6.61 Å². The second-order valence-corrected chi connectivity index (χ2v) is 6.56. The van der Waals surface area contributed by atoms with Crippen LogP contribution < -0.4 is 5.32 Å². The lowest BCUT2D eigenvalue weighted by atomic mass is 9.83. The molecule has 0 bridgehead atoms. The van der Waals surface area contributed by atoms with Crippen molar-refractivity contribution in [3.63, 3.8) is 0 Å². The number of nitrogens with one attached hydrogen (secondary N) is 1. The van der Waals surface area contributed by atoms with Crippen LogP contribution in [0.5, 0.6) is 5.75 Å². The number of nitrogens with zero attached hydrogens (tertiary/aromatic N) is 1. The standard InChI is InChI=1S/C20H20N2O4/c21-13-20(10-4-1-5-11-20)22-17(23)12-26-19(25)16-9-8-14-6-2-3-7-15(14)18(16)24/h2-3,6-9,24H,1,4-5,10-12H2,(H,22,23). The molecule has 2 aromatic carbocycles. The van der Waals surface area contributed by atoms with Gasteiger partial charge in [0.2, 0.25) is 0 Å². The van der Waals surface area contributed by atoms with E-state index in [0.717, 1.165) is 24.6 Å². The van der Waals surface area contributed by atoms with E-state index in [1.165, 1.54) is 6.07 Å². The van der Waals surface area contributed by atoms with E-state index in [1.807, 2.05) is 12.1 Å². The molecular weight excluding hydrogens is 332 g/mol. The van der Waals surface area contributed by atoms with Gasteiger partial charge in [-0.05, 0) is 24.3 Å². The van der Waals surface area contributed by atoms with Crippen molar-refractivity contribution in [1.29, 1.82) is 5.26 Å². The average molecular weight is 352 g/mol. The first-order chi connectivity index (χ1) is 12.5. The summed E-state index contributed by atoms with van der Waals surface area (Å²) in [6.07, 6.45) is 4.04. The minimum absolute atomic E-state index is 0.00385. The van der Waals surface area contributed by atoms with Gasteiger partial charge in [0.15, 0.2) is 6.61 Å². The van der Waals surface area contributed by atoms with Crippen LogP contribution in [0.4, 0.5) is 0 Å². The molecule has 2 N–H and O–H groups in total. The van der Waals surface area contributed by atoms with Crippen LogP contribution in [0.3, 0.4) is 0 Å².